The lowest BCUT2D eigenvalue weighted by molar-refractivity contribution is 0.233. The van der Waals surface area contributed by atoms with Crippen molar-refractivity contribution < 1.29 is 13.6 Å². The maximum absolute atomic E-state index is 13.8. The van der Waals surface area contributed by atoms with Gasteiger partial charge in [-0.05, 0) is 43.2 Å². The van der Waals surface area contributed by atoms with E-state index in [2.05, 4.69) is 26.2 Å². The number of benzene rings is 1. The summed E-state index contributed by atoms with van der Waals surface area (Å²) >= 11 is 0. The van der Waals surface area contributed by atoms with Crippen LogP contribution in [0.25, 0.3) is 0 Å². The predicted octanol–water partition coefficient (Wildman–Crippen LogP) is 2.41. The number of urea groups is 1. The first-order chi connectivity index (χ1) is 11.5. The van der Waals surface area contributed by atoms with Gasteiger partial charge in [-0.25, -0.2) is 18.3 Å². The highest BCUT2D eigenvalue weighted by molar-refractivity contribution is 5.74. The Balaban J connectivity index is 1.62. The Bertz CT molecular complexity index is 745. The molecule has 3 rings (SSSR count). The number of carbonyl (C=O) groups excluding carboxylic acids is 1. The summed E-state index contributed by atoms with van der Waals surface area (Å²) in [5, 5.41) is 16.8. The second-order valence-electron chi connectivity index (χ2n) is 5.92. The zero-order valence-corrected chi connectivity index (χ0v) is 13.3. The van der Waals surface area contributed by atoms with Gasteiger partial charge in [0.25, 0.3) is 0 Å². The Morgan fingerprint density at radius 2 is 1.96 bits per heavy atom. The van der Waals surface area contributed by atoms with Gasteiger partial charge in [-0.1, -0.05) is 12.1 Å². The number of nitrogens with one attached hydrogen (secondary N) is 2. The van der Waals surface area contributed by atoms with Gasteiger partial charge < -0.3 is 10.6 Å². The zero-order valence-electron chi connectivity index (χ0n) is 13.3. The van der Waals surface area contributed by atoms with Gasteiger partial charge >= 0.3 is 6.03 Å². The van der Waals surface area contributed by atoms with E-state index in [-0.39, 0.29) is 5.56 Å². The van der Waals surface area contributed by atoms with Gasteiger partial charge in [0.2, 0.25) is 0 Å². The number of aromatic nitrogens is 4. The number of carbonyl (C=O) groups is 1. The molecular weight excluding hydrogens is 318 g/mol. The molecule has 2 amide bonds. The van der Waals surface area contributed by atoms with Crippen LogP contribution in [-0.4, -0.2) is 26.2 Å². The normalized spacial score (nSPS) is 16.5. The molecular formula is C15H18F2N6O. The van der Waals surface area contributed by atoms with E-state index >= 15 is 0 Å². The number of tetrazole rings is 1. The third-order valence-corrected chi connectivity index (χ3v) is 3.94. The Kier molecular flexibility index (Phi) is 4.41. The first-order valence-corrected chi connectivity index (χ1v) is 7.76. The SMILES string of the molecule is CC(NC(=O)NC(C)c1nnnn1C1CC1)c1cccc(F)c1F. The van der Waals surface area contributed by atoms with E-state index < -0.39 is 29.7 Å². The van der Waals surface area contributed by atoms with E-state index in [0.29, 0.717) is 11.9 Å². The molecule has 0 saturated heterocycles. The topological polar surface area (TPSA) is 84.7 Å². The highest BCUT2D eigenvalue weighted by Gasteiger charge is 2.30. The summed E-state index contributed by atoms with van der Waals surface area (Å²) in [5.74, 6) is -1.34. The second-order valence-corrected chi connectivity index (χ2v) is 5.92. The van der Waals surface area contributed by atoms with Crippen LogP contribution in [-0.2, 0) is 0 Å². The van der Waals surface area contributed by atoms with E-state index in [0.717, 1.165) is 18.9 Å². The number of halogens is 2. The monoisotopic (exact) mass is 336 g/mol. The Labute approximate surface area is 137 Å². The summed E-state index contributed by atoms with van der Waals surface area (Å²) in [6, 6.07) is 2.55. The van der Waals surface area contributed by atoms with Crippen molar-refractivity contribution in [3.63, 3.8) is 0 Å². The minimum absolute atomic E-state index is 0.0839. The molecule has 1 fully saturated rings. The highest BCUT2D eigenvalue weighted by atomic mass is 19.2. The fourth-order valence-electron chi connectivity index (χ4n) is 2.50. The summed E-state index contributed by atoms with van der Waals surface area (Å²) in [5.41, 5.74) is 0.0839. The smallest absolute Gasteiger partial charge is 0.315 e. The summed E-state index contributed by atoms with van der Waals surface area (Å²) in [7, 11) is 0. The number of hydrogen-bond acceptors (Lipinski definition) is 4. The van der Waals surface area contributed by atoms with Crippen LogP contribution < -0.4 is 10.6 Å². The average Bonchev–Trinajstić information content (AvgIpc) is 3.26. The van der Waals surface area contributed by atoms with Crippen molar-refractivity contribution in [1.82, 2.24) is 30.8 Å². The van der Waals surface area contributed by atoms with Gasteiger partial charge in [-0.3, -0.25) is 0 Å². The lowest BCUT2D eigenvalue weighted by Gasteiger charge is -2.18. The van der Waals surface area contributed by atoms with Gasteiger partial charge in [0, 0.05) is 5.56 Å². The predicted molar refractivity (Wildman–Crippen MR) is 80.9 cm³/mol. The van der Waals surface area contributed by atoms with Gasteiger partial charge in [-0.15, -0.1) is 5.10 Å². The van der Waals surface area contributed by atoms with Crippen LogP contribution >= 0.6 is 0 Å². The molecule has 0 spiro atoms. The molecule has 128 valence electrons. The second kappa shape index (κ2) is 6.50. The summed E-state index contributed by atoms with van der Waals surface area (Å²) in [6.45, 7) is 3.34. The molecule has 2 unspecified atom stereocenters. The summed E-state index contributed by atoms with van der Waals surface area (Å²) < 4.78 is 28.7. The van der Waals surface area contributed by atoms with Crippen LogP contribution in [0, 0.1) is 11.6 Å². The van der Waals surface area contributed by atoms with Crippen LogP contribution in [0.15, 0.2) is 18.2 Å². The molecule has 9 heteroatoms. The molecule has 1 aromatic heterocycles. The largest absolute Gasteiger partial charge is 0.332 e. The third-order valence-electron chi connectivity index (χ3n) is 3.94. The van der Waals surface area contributed by atoms with E-state index in [1.165, 1.54) is 12.1 Å². The van der Waals surface area contributed by atoms with Crippen LogP contribution in [0.1, 0.15) is 56.2 Å². The minimum Gasteiger partial charge on any atom is -0.332 e. The quantitative estimate of drug-likeness (QED) is 0.878. The number of hydrogen-bond donors (Lipinski definition) is 2. The molecule has 0 radical (unpaired) electrons. The maximum Gasteiger partial charge on any atom is 0.315 e. The fraction of sp³-hybridized carbons (Fsp3) is 0.467. The van der Waals surface area contributed by atoms with E-state index in [9.17, 15) is 13.6 Å². The molecule has 2 atom stereocenters. The van der Waals surface area contributed by atoms with Crippen molar-refractivity contribution in [2.24, 2.45) is 0 Å². The average molecular weight is 336 g/mol. The molecule has 1 aliphatic rings. The van der Waals surface area contributed by atoms with Crippen LogP contribution in [0.3, 0.4) is 0 Å². The van der Waals surface area contributed by atoms with Crippen LogP contribution in [0.4, 0.5) is 13.6 Å². The van der Waals surface area contributed by atoms with Crippen LogP contribution in [0.2, 0.25) is 0 Å². The Hall–Kier alpha value is -2.58. The molecule has 2 N–H and O–H groups in total. The standard InChI is InChI=1S/C15H18F2N6O/c1-8(11-4-3-5-12(16)13(11)17)18-15(24)19-9(2)14-20-21-22-23(14)10-6-7-10/h3-5,8-10H,6-7H2,1-2H3,(H2,18,19,24). The molecule has 1 aromatic carbocycles. The Morgan fingerprint density at radius 3 is 2.67 bits per heavy atom. The molecule has 1 saturated carbocycles. The van der Waals surface area contributed by atoms with Gasteiger partial charge in [0.1, 0.15) is 0 Å². The zero-order chi connectivity index (χ0) is 17.3. The lowest BCUT2D eigenvalue weighted by Crippen LogP contribution is -2.39. The maximum atomic E-state index is 13.8. The van der Waals surface area contributed by atoms with Crippen LogP contribution in [0.5, 0.6) is 0 Å². The van der Waals surface area contributed by atoms with E-state index in [4.69, 9.17) is 0 Å². The fourth-order valence-corrected chi connectivity index (χ4v) is 2.50. The molecule has 0 bridgehead atoms. The molecule has 2 aromatic rings. The van der Waals surface area contributed by atoms with Crippen molar-refractivity contribution in [2.45, 2.75) is 44.8 Å². The van der Waals surface area contributed by atoms with Crippen molar-refractivity contribution >= 4 is 6.03 Å². The van der Waals surface area contributed by atoms with Crippen molar-refractivity contribution in [3.05, 3.63) is 41.2 Å². The summed E-state index contributed by atoms with van der Waals surface area (Å²) in [4.78, 5) is 12.1. The highest BCUT2D eigenvalue weighted by Crippen LogP contribution is 2.35. The van der Waals surface area contributed by atoms with Crippen molar-refractivity contribution in [3.8, 4) is 0 Å². The molecule has 0 aliphatic heterocycles. The Morgan fingerprint density at radius 1 is 1.25 bits per heavy atom. The van der Waals surface area contributed by atoms with Gasteiger partial charge in [0.15, 0.2) is 17.5 Å². The molecule has 1 heterocycles. The molecule has 1 aliphatic carbocycles. The first-order valence-electron chi connectivity index (χ1n) is 7.76. The number of amides is 2. The summed E-state index contributed by atoms with van der Waals surface area (Å²) in [6.07, 6.45) is 2.04. The lowest BCUT2D eigenvalue weighted by atomic mass is 10.1. The number of nitrogens with zero attached hydrogens (tertiary/aromatic N) is 4. The van der Waals surface area contributed by atoms with E-state index in [1.54, 1.807) is 18.5 Å². The van der Waals surface area contributed by atoms with Crippen molar-refractivity contribution in [1.29, 1.82) is 0 Å². The van der Waals surface area contributed by atoms with E-state index in [1.807, 2.05) is 0 Å². The minimum atomic E-state index is -0.962. The van der Waals surface area contributed by atoms with Gasteiger partial charge in [0.05, 0.1) is 18.1 Å². The molecule has 7 nitrogen and oxygen atoms in total. The van der Waals surface area contributed by atoms with Gasteiger partial charge in [-0.2, -0.15) is 0 Å². The number of rotatable bonds is 5. The first kappa shape index (κ1) is 16.3. The third kappa shape index (κ3) is 3.34. The van der Waals surface area contributed by atoms with Crippen molar-refractivity contribution in [2.75, 3.05) is 0 Å². The molecule has 24 heavy (non-hydrogen) atoms.